The number of nitrogens with zero attached hydrogens (tertiary/aromatic N) is 1. The molecule has 0 aromatic rings. The van der Waals surface area contributed by atoms with Gasteiger partial charge in [0.05, 0.1) is 12.5 Å². The van der Waals surface area contributed by atoms with E-state index < -0.39 is 0 Å². The van der Waals surface area contributed by atoms with Crippen LogP contribution in [0.2, 0.25) is 0 Å². The highest BCUT2D eigenvalue weighted by Crippen LogP contribution is 2.22. The van der Waals surface area contributed by atoms with Crippen molar-refractivity contribution in [2.24, 2.45) is 11.8 Å². The molecule has 0 bridgehead atoms. The molecule has 5 nitrogen and oxygen atoms in total. The van der Waals surface area contributed by atoms with E-state index in [9.17, 15) is 14.9 Å². The van der Waals surface area contributed by atoms with E-state index in [0.717, 1.165) is 6.42 Å². The van der Waals surface area contributed by atoms with Gasteiger partial charge in [-0.2, -0.15) is 0 Å². The normalized spacial score (nSPS) is 14.2. The molecular formula is C11H21NO4. The molecular weight excluding hydrogens is 210 g/mol. The minimum atomic E-state index is -0.345. The maximum atomic E-state index is 11.6. The minimum absolute atomic E-state index is 0.148. The van der Waals surface area contributed by atoms with Crippen molar-refractivity contribution >= 4 is 5.97 Å². The predicted molar refractivity (Wildman–Crippen MR) is 60.7 cm³/mol. The molecule has 0 fully saturated rings. The summed E-state index contributed by atoms with van der Waals surface area (Å²) < 4.78 is 4.94. The van der Waals surface area contributed by atoms with Crippen molar-refractivity contribution in [2.75, 3.05) is 13.2 Å². The highest BCUT2D eigenvalue weighted by atomic mass is 16.6. The second kappa shape index (κ2) is 8.07. The number of rotatable bonds is 8. The molecule has 0 saturated heterocycles. The Hall–Kier alpha value is -1.13. The lowest BCUT2D eigenvalue weighted by molar-refractivity contribution is -0.489. The number of hydrogen-bond acceptors (Lipinski definition) is 4. The van der Waals surface area contributed by atoms with E-state index in [0.29, 0.717) is 19.4 Å². The molecule has 16 heavy (non-hydrogen) atoms. The number of nitro groups is 1. The maximum absolute atomic E-state index is 11.6. The first-order valence-corrected chi connectivity index (χ1v) is 5.85. The van der Waals surface area contributed by atoms with Crippen LogP contribution < -0.4 is 0 Å². The Morgan fingerprint density at radius 2 is 2.00 bits per heavy atom. The molecule has 0 aliphatic carbocycles. The van der Waals surface area contributed by atoms with Gasteiger partial charge >= 0.3 is 5.97 Å². The molecule has 94 valence electrons. The van der Waals surface area contributed by atoms with E-state index in [1.54, 1.807) is 6.92 Å². The molecule has 2 atom stereocenters. The van der Waals surface area contributed by atoms with Crippen molar-refractivity contribution in [1.29, 1.82) is 0 Å². The van der Waals surface area contributed by atoms with Crippen molar-refractivity contribution < 1.29 is 14.5 Å². The van der Waals surface area contributed by atoms with Crippen molar-refractivity contribution in [1.82, 2.24) is 0 Å². The van der Waals surface area contributed by atoms with Gasteiger partial charge in [0.15, 0.2) is 0 Å². The summed E-state index contributed by atoms with van der Waals surface area (Å²) in [6, 6.07) is 0. The number of hydrogen-bond donors (Lipinski definition) is 0. The molecule has 1 unspecified atom stereocenters. The summed E-state index contributed by atoms with van der Waals surface area (Å²) in [5.41, 5.74) is 0. The predicted octanol–water partition coefficient (Wildman–Crippen LogP) is 2.27. The zero-order chi connectivity index (χ0) is 12.6. The Morgan fingerprint density at radius 1 is 1.38 bits per heavy atom. The lowest BCUT2D eigenvalue weighted by Gasteiger charge is -2.20. The number of esters is 1. The Bertz CT molecular complexity index is 230. The van der Waals surface area contributed by atoms with Gasteiger partial charge in [-0.3, -0.25) is 14.9 Å². The summed E-state index contributed by atoms with van der Waals surface area (Å²) in [5, 5.41) is 10.5. The average molecular weight is 231 g/mol. The van der Waals surface area contributed by atoms with Crippen LogP contribution in [-0.2, 0) is 9.53 Å². The van der Waals surface area contributed by atoms with Gasteiger partial charge < -0.3 is 4.74 Å². The molecule has 0 spiro atoms. The van der Waals surface area contributed by atoms with Gasteiger partial charge in [-0.05, 0) is 19.8 Å². The van der Waals surface area contributed by atoms with E-state index >= 15 is 0 Å². The molecule has 0 aromatic heterocycles. The fourth-order valence-corrected chi connectivity index (χ4v) is 1.92. The molecule has 0 amide bonds. The monoisotopic (exact) mass is 231 g/mol. The Morgan fingerprint density at radius 3 is 2.38 bits per heavy atom. The number of carbonyl (C=O) groups is 1. The van der Waals surface area contributed by atoms with Crippen molar-refractivity contribution in [3.8, 4) is 0 Å². The van der Waals surface area contributed by atoms with Crippen molar-refractivity contribution in [2.45, 2.75) is 40.0 Å². The number of carbonyl (C=O) groups excluding carboxylic acids is 1. The third-order valence-electron chi connectivity index (χ3n) is 2.64. The zero-order valence-corrected chi connectivity index (χ0v) is 10.3. The second-order valence-electron chi connectivity index (χ2n) is 3.83. The molecule has 0 heterocycles. The topological polar surface area (TPSA) is 69.4 Å². The third kappa shape index (κ3) is 5.09. The second-order valence-corrected chi connectivity index (χ2v) is 3.83. The summed E-state index contributed by atoms with van der Waals surface area (Å²) in [7, 11) is 0. The average Bonchev–Trinajstić information content (AvgIpc) is 2.18. The van der Waals surface area contributed by atoms with E-state index in [4.69, 9.17) is 4.74 Å². The molecule has 0 aromatic carbocycles. The van der Waals surface area contributed by atoms with Gasteiger partial charge in [-0.1, -0.05) is 20.3 Å². The Labute approximate surface area is 96.3 Å². The van der Waals surface area contributed by atoms with Gasteiger partial charge in [0.1, 0.15) is 0 Å². The molecule has 0 aliphatic heterocycles. The first kappa shape index (κ1) is 14.9. The van der Waals surface area contributed by atoms with Gasteiger partial charge in [0.25, 0.3) is 0 Å². The quantitative estimate of drug-likeness (QED) is 0.365. The lowest BCUT2D eigenvalue weighted by Crippen LogP contribution is -2.30. The largest absolute Gasteiger partial charge is 0.466 e. The highest BCUT2D eigenvalue weighted by molar-refractivity contribution is 5.72. The van der Waals surface area contributed by atoms with E-state index in [-0.39, 0.29) is 29.3 Å². The smallest absolute Gasteiger partial charge is 0.309 e. The fraction of sp³-hybridized carbons (Fsp3) is 0.909. The lowest BCUT2D eigenvalue weighted by atomic mass is 9.86. The van der Waals surface area contributed by atoms with Crippen molar-refractivity contribution in [3.05, 3.63) is 10.1 Å². The van der Waals surface area contributed by atoms with E-state index in [1.807, 2.05) is 13.8 Å². The summed E-state index contributed by atoms with van der Waals surface area (Å²) in [5.74, 6) is -0.848. The van der Waals surface area contributed by atoms with Gasteiger partial charge in [0.2, 0.25) is 6.54 Å². The van der Waals surface area contributed by atoms with Gasteiger partial charge in [-0.15, -0.1) is 0 Å². The third-order valence-corrected chi connectivity index (χ3v) is 2.64. The van der Waals surface area contributed by atoms with Crippen LogP contribution in [0, 0.1) is 22.0 Å². The van der Waals surface area contributed by atoms with Crippen LogP contribution in [0.4, 0.5) is 0 Å². The van der Waals surface area contributed by atoms with Crippen LogP contribution in [0.25, 0.3) is 0 Å². The van der Waals surface area contributed by atoms with Gasteiger partial charge in [0, 0.05) is 10.8 Å². The fourth-order valence-electron chi connectivity index (χ4n) is 1.92. The number of ether oxygens (including phenoxy) is 1. The molecule has 0 N–H and O–H groups in total. The summed E-state index contributed by atoms with van der Waals surface area (Å²) >= 11 is 0. The summed E-state index contributed by atoms with van der Waals surface area (Å²) in [6.45, 7) is 5.75. The molecule has 5 heteroatoms. The Kier molecular flexibility index (Phi) is 7.50. The summed E-state index contributed by atoms with van der Waals surface area (Å²) in [4.78, 5) is 21.8. The first-order chi connectivity index (χ1) is 7.56. The molecule has 0 rings (SSSR count). The van der Waals surface area contributed by atoms with Crippen LogP contribution in [0.5, 0.6) is 0 Å². The first-order valence-electron chi connectivity index (χ1n) is 5.85. The minimum Gasteiger partial charge on any atom is -0.466 e. The van der Waals surface area contributed by atoms with Crippen LogP contribution in [0.1, 0.15) is 40.0 Å². The SMILES string of the molecule is CCCC(C[N+](=O)[O-])[C@H](CC)C(=O)OCC. The molecule has 0 saturated carbocycles. The van der Waals surface area contributed by atoms with Crippen molar-refractivity contribution in [3.63, 3.8) is 0 Å². The standard InChI is InChI=1S/C11H21NO4/c1-4-7-9(8-12(14)15)10(5-2)11(13)16-6-3/h9-10H,4-8H2,1-3H3/t9?,10-/m0/s1. The van der Waals surface area contributed by atoms with Gasteiger partial charge in [-0.25, -0.2) is 0 Å². The van der Waals surface area contributed by atoms with E-state index in [1.165, 1.54) is 0 Å². The van der Waals surface area contributed by atoms with E-state index in [2.05, 4.69) is 0 Å². The summed E-state index contributed by atoms with van der Waals surface area (Å²) in [6.07, 6.45) is 2.13. The Balaban J connectivity index is 4.55. The van der Waals surface area contributed by atoms with Crippen LogP contribution in [-0.4, -0.2) is 24.0 Å². The van der Waals surface area contributed by atoms with Crippen LogP contribution in [0.15, 0.2) is 0 Å². The maximum Gasteiger partial charge on any atom is 0.309 e. The molecule has 0 radical (unpaired) electrons. The van der Waals surface area contributed by atoms with Crippen LogP contribution in [0.3, 0.4) is 0 Å². The van der Waals surface area contributed by atoms with Crippen LogP contribution >= 0.6 is 0 Å². The zero-order valence-electron chi connectivity index (χ0n) is 10.3. The molecule has 0 aliphatic rings. The highest BCUT2D eigenvalue weighted by Gasteiger charge is 2.30.